The Hall–Kier alpha value is -3.50. The molecule has 0 unspecified atom stereocenters. The molecule has 0 aliphatic carbocycles. The molecule has 0 heterocycles. The molecule has 0 aromatic heterocycles. The number of hydrogen-bond donors (Lipinski definition) is 2. The van der Waals surface area contributed by atoms with Crippen LogP contribution in [0.5, 0.6) is 5.75 Å². The highest BCUT2D eigenvalue weighted by atomic mass is 16.5. The van der Waals surface area contributed by atoms with Crippen LogP contribution in [0.4, 0.5) is 11.4 Å². The number of rotatable bonds is 4. The fourth-order valence-corrected chi connectivity index (χ4v) is 1.49. The van der Waals surface area contributed by atoms with Crippen LogP contribution in [0.1, 0.15) is 6.92 Å². The van der Waals surface area contributed by atoms with Crippen molar-refractivity contribution < 1.29 is 9.53 Å². The van der Waals surface area contributed by atoms with E-state index in [1.807, 2.05) is 0 Å². The van der Waals surface area contributed by atoms with Gasteiger partial charge in [0.05, 0.1) is 12.8 Å². The zero-order chi connectivity index (χ0) is 15.8. The lowest BCUT2D eigenvalue weighted by Gasteiger charge is -2.11. The van der Waals surface area contributed by atoms with Crippen LogP contribution in [-0.4, -0.2) is 13.0 Å². The van der Waals surface area contributed by atoms with E-state index in [9.17, 15) is 4.79 Å². The Labute approximate surface area is 121 Å². The number of benzene rings is 1. The second-order valence-corrected chi connectivity index (χ2v) is 3.81. The van der Waals surface area contributed by atoms with Crippen LogP contribution in [0.2, 0.25) is 0 Å². The van der Waals surface area contributed by atoms with Crippen LogP contribution >= 0.6 is 0 Å². The Morgan fingerprint density at radius 2 is 1.81 bits per heavy atom. The van der Waals surface area contributed by atoms with Crippen LogP contribution < -0.4 is 15.4 Å². The molecular formula is C14H11N5O2. The van der Waals surface area contributed by atoms with Crippen molar-refractivity contribution in [1.29, 1.82) is 15.8 Å². The maximum Gasteiger partial charge on any atom is 0.221 e. The smallest absolute Gasteiger partial charge is 0.221 e. The number of nitrogens with zero attached hydrogens (tertiary/aromatic N) is 3. The summed E-state index contributed by atoms with van der Waals surface area (Å²) in [6, 6.07) is 9.72. The van der Waals surface area contributed by atoms with E-state index in [0.717, 1.165) is 0 Å². The highest BCUT2D eigenvalue weighted by molar-refractivity contribution is 5.90. The molecule has 104 valence electrons. The molecular weight excluding hydrogens is 270 g/mol. The Morgan fingerprint density at radius 3 is 2.29 bits per heavy atom. The number of methoxy groups -OCH3 is 1. The molecule has 0 aliphatic rings. The summed E-state index contributed by atoms with van der Waals surface area (Å²) in [5.41, 5.74) is 0.441. The summed E-state index contributed by atoms with van der Waals surface area (Å²) in [6.07, 6.45) is 0. The van der Waals surface area contributed by atoms with Gasteiger partial charge < -0.3 is 15.4 Å². The van der Waals surface area contributed by atoms with Gasteiger partial charge in [-0.25, -0.2) is 0 Å². The largest absolute Gasteiger partial charge is 0.494 e. The van der Waals surface area contributed by atoms with Gasteiger partial charge in [0.25, 0.3) is 0 Å². The minimum absolute atomic E-state index is 0.158. The van der Waals surface area contributed by atoms with Gasteiger partial charge in [0.15, 0.2) is 5.57 Å². The third kappa shape index (κ3) is 3.99. The molecule has 0 aliphatic heterocycles. The van der Waals surface area contributed by atoms with E-state index >= 15 is 0 Å². The summed E-state index contributed by atoms with van der Waals surface area (Å²) in [6.45, 7) is 1.37. The summed E-state index contributed by atoms with van der Waals surface area (Å²) in [7, 11) is 1.43. The van der Waals surface area contributed by atoms with Gasteiger partial charge in [-0.3, -0.25) is 4.79 Å². The molecule has 1 aromatic rings. The van der Waals surface area contributed by atoms with Crippen LogP contribution in [-0.2, 0) is 4.79 Å². The normalized spacial score (nSPS) is 8.52. The van der Waals surface area contributed by atoms with Crippen molar-refractivity contribution >= 4 is 17.3 Å². The van der Waals surface area contributed by atoms with Crippen molar-refractivity contribution in [2.45, 2.75) is 6.92 Å². The Balaban J connectivity index is 3.15. The first-order valence-electron chi connectivity index (χ1n) is 5.73. The number of hydrogen-bond acceptors (Lipinski definition) is 6. The first-order chi connectivity index (χ1) is 10.0. The second kappa shape index (κ2) is 7.18. The van der Waals surface area contributed by atoms with E-state index in [1.54, 1.807) is 30.3 Å². The van der Waals surface area contributed by atoms with E-state index in [4.69, 9.17) is 20.5 Å². The van der Waals surface area contributed by atoms with Gasteiger partial charge in [-0.05, 0) is 12.1 Å². The lowest BCUT2D eigenvalue weighted by atomic mass is 10.2. The summed E-state index contributed by atoms with van der Waals surface area (Å²) < 4.78 is 5.13. The average Bonchev–Trinajstić information content (AvgIpc) is 2.48. The lowest BCUT2D eigenvalue weighted by molar-refractivity contribution is -0.114. The van der Waals surface area contributed by atoms with Gasteiger partial charge in [-0.15, -0.1) is 0 Å². The zero-order valence-electron chi connectivity index (χ0n) is 11.4. The lowest BCUT2D eigenvalue weighted by Crippen LogP contribution is -2.07. The van der Waals surface area contributed by atoms with Gasteiger partial charge >= 0.3 is 0 Å². The molecule has 0 saturated carbocycles. The van der Waals surface area contributed by atoms with Gasteiger partial charge in [-0.2, -0.15) is 15.8 Å². The van der Waals surface area contributed by atoms with Crippen LogP contribution in [0, 0.1) is 34.0 Å². The third-order valence-corrected chi connectivity index (χ3v) is 2.37. The van der Waals surface area contributed by atoms with Crippen molar-refractivity contribution in [2.24, 2.45) is 0 Å². The molecule has 1 aromatic carbocycles. The number of nitrogens with one attached hydrogen (secondary N) is 2. The van der Waals surface area contributed by atoms with Crippen molar-refractivity contribution in [3.63, 3.8) is 0 Å². The van der Waals surface area contributed by atoms with E-state index in [1.165, 1.54) is 20.1 Å². The van der Waals surface area contributed by atoms with E-state index in [0.29, 0.717) is 17.1 Å². The predicted octanol–water partition coefficient (Wildman–Crippen LogP) is 1.89. The molecule has 0 saturated heterocycles. The number of carbonyl (C=O) groups excluding carboxylic acids is 1. The minimum Gasteiger partial charge on any atom is -0.494 e. The highest BCUT2D eigenvalue weighted by Crippen LogP contribution is 2.28. The van der Waals surface area contributed by atoms with Gasteiger partial charge in [0.2, 0.25) is 5.91 Å². The SMILES string of the molecule is COc1cc(NC(C#N)=C(C#N)C#N)ccc1NC(C)=O. The van der Waals surface area contributed by atoms with Crippen LogP contribution in [0.15, 0.2) is 29.5 Å². The zero-order valence-corrected chi connectivity index (χ0v) is 11.4. The Morgan fingerprint density at radius 1 is 1.14 bits per heavy atom. The summed E-state index contributed by atoms with van der Waals surface area (Å²) in [5, 5.41) is 31.7. The summed E-state index contributed by atoms with van der Waals surface area (Å²) in [4.78, 5) is 11.1. The Kier molecular flexibility index (Phi) is 5.32. The topological polar surface area (TPSA) is 122 Å². The molecule has 0 fully saturated rings. The number of nitriles is 3. The molecule has 0 atom stereocenters. The number of anilines is 2. The molecule has 7 nitrogen and oxygen atoms in total. The molecule has 2 N–H and O–H groups in total. The standard InChI is InChI=1S/C14H11N5O2/c1-9(20)18-12-4-3-11(5-14(12)21-2)19-13(8-17)10(6-15)7-16/h3-5,19H,1-2H3,(H,18,20). The predicted molar refractivity (Wildman–Crippen MR) is 74.8 cm³/mol. The highest BCUT2D eigenvalue weighted by Gasteiger charge is 2.09. The third-order valence-electron chi connectivity index (χ3n) is 2.37. The molecule has 21 heavy (non-hydrogen) atoms. The van der Waals surface area contributed by atoms with E-state index in [2.05, 4.69) is 10.6 Å². The van der Waals surface area contributed by atoms with Crippen molar-refractivity contribution in [1.82, 2.24) is 0 Å². The molecule has 1 amide bonds. The quantitative estimate of drug-likeness (QED) is 0.812. The van der Waals surface area contributed by atoms with Crippen molar-refractivity contribution in [2.75, 3.05) is 17.7 Å². The van der Waals surface area contributed by atoms with Crippen LogP contribution in [0.25, 0.3) is 0 Å². The molecule has 1 rings (SSSR count). The van der Waals surface area contributed by atoms with E-state index in [-0.39, 0.29) is 17.2 Å². The van der Waals surface area contributed by atoms with Gasteiger partial charge in [0.1, 0.15) is 29.7 Å². The first-order valence-corrected chi connectivity index (χ1v) is 5.73. The Bertz CT molecular complexity index is 700. The van der Waals surface area contributed by atoms with Crippen molar-refractivity contribution in [3.8, 4) is 24.0 Å². The number of ether oxygens (including phenoxy) is 1. The molecule has 7 heteroatoms. The minimum atomic E-state index is -0.317. The first kappa shape index (κ1) is 15.6. The average molecular weight is 281 g/mol. The summed E-state index contributed by atoms with van der Waals surface area (Å²) >= 11 is 0. The van der Waals surface area contributed by atoms with Gasteiger partial charge in [0, 0.05) is 18.7 Å². The fraction of sp³-hybridized carbons (Fsp3) is 0.143. The maximum absolute atomic E-state index is 11.1. The van der Waals surface area contributed by atoms with Gasteiger partial charge in [-0.1, -0.05) is 0 Å². The van der Waals surface area contributed by atoms with E-state index < -0.39 is 0 Å². The second-order valence-electron chi connectivity index (χ2n) is 3.81. The molecule has 0 spiro atoms. The fourth-order valence-electron chi connectivity index (χ4n) is 1.49. The summed E-state index contributed by atoms with van der Waals surface area (Å²) in [5.74, 6) is 0.130. The van der Waals surface area contributed by atoms with Crippen LogP contribution in [0.3, 0.4) is 0 Å². The number of carbonyl (C=O) groups is 1. The monoisotopic (exact) mass is 281 g/mol. The molecule has 0 radical (unpaired) electrons. The number of allylic oxidation sites excluding steroid dienone is 2. The maximum atomic E-state index is 11.1. The number of amides is 1. The molecule has 0 bridgehead atoms. The van der Waals surface area contributed by atoms with Crippen molar-refractivity contribution in [3.05, 3.63) is 29.5 Å².